The zero-order valence-corrected chi connectivity index (χ0v) is 9.86. The molecule has 0 aliphatic carbocycles. The van der Waals surface area contributed by atoms with Crippen molar-refractivity contribution in [2.45, 2.75) is 27.2 Å². The summed E-state index contributed by atoms with van der Waals surface area (Å²) in [5.74, 6) is 0.267. The highest BCUT2D eigenvalue weighted by atomic mass is 32.3. The molecular weight excluding hydrogens is 190 g/mol. The van der Waals surface area contributed by atoms with E-state index >= 15 is 0 Å². The molecule has 0 rings (SSSR count). The average Bonchev–Trinajstić information content (AvgIpc) is 2.16. The van der Waals surface area contributed by atoms with Crippen LogP contribution < -0.4 is 4.72 Å². The van der Waals surface area contributed by atoms with Gasteiger partial charge in [-0.15, -0.1) is 10.8 Å². The second-order valence-corrected chi connectivity index (χ2v) is 4.34. The molecule has 0 radical (unpaired) electrons. The summed E-state index contributed by atoms with van der Waals surface area (Å²) in [5, 5.41) is 0. The Balaban J connectivity index is 0. The number of hydrogen-bond donors (Lipinski definition) is 3. The van der Waals surface area contributed by atoms with Crippen LogP contribution in [0.1, 0.15) is 27.2 Å². The normalized spacial score (nSPS) is 11.8. The minimum Gasteiger partial charge on any atom is -0.380 e. The van der Waals surface area contributed by atoms with E-state index in [0.29, 0.717) is 13.2 Å². The molecule has 0 unspecified atom stereocenters. The molecule has 0 heterocycles. The fourth-order valence-electron chi connectivity index (χ4n) is 0.524. The summed E-state index contributed by atoms with van der Waals surface area (Å²) in [6.45, 7) is 7.09. The van der Waals surface area contributed by atoms with E-state index in [0.717, 1.165) is 6.42 Å². The molecular formula is C8H23NO3S. The Hall–Kier alpha value is 0.190. The SMILES string of the molecule is CC.CCCOCCS(O)(O)NC. The second-order valence-electron chi connectivity index (χ2n) is 2.19. The van der Waals surface area contributed by atoms with Gasteiger partial charge in [-0.3, -0.25) is 9.11 Å². The predicted molar refractivity (Wildman–Crippen MR) is 59.2 cm³/mol. The minimum absolute atomic E-state index is 0.267. The number of rotatable bonds is 6. The molecule has 0 aliphatic heterocycles. The van der Waals surface area contributed by atoms with Crippen LogP contribution in [0.2, 0.25) is 0 Å². The van der Waals surface area contributed by atoms with Gasteiger partial charge in [0.15, 0.2) is 0 Å². The third-order valence-corrected chi connectivity index (χ3v) is 2.58. The minimum atomic E-state index is -2.57. The summed E-state index contributed by atoms with van der Waals surface area (Å²) in [5.41, 5.74) is 0. The Kier molecular flexibility index (Phi) is 12.4. The van der Waals surface area contributed by atoms with Gasteiger partial charge in [0.2, 0.25) is 0 Å². The predicted octanol–water partition coefficient (Wildman–Crippen LogP) is 2.32. The van der Waals surface area contributed by atoms with Crippen LogP contribution in [-0.2, 0) is 4.74 Å². The molecule has 3 N–H and O–H groups in total. The first-order valence-corrected chi connectivity index (χ1v) is 6.36. The van der Waals surface area contributed by atoms with Crippen LogP contribution >= 0.6 is 10.8 Å². The van der Waals surface area contributed by atoms with E-state index in [1.165, 1.54) is 7.05 Å². The summed E-state index contributed by atoms with van der Waals surface area (Å²) in [4.78, 5) is 0. The van der Waals surface area contributed by atoms with Gasteiger partial charge in [0.25, 0.3) is 0 Å². The van der Waals surface area contributed by atoms with Gasteiger partial charge in [0, 0.05) is 13.7 Å². The van der Waals surface area contributed by atoms with E-state index in [9.17, 15) is 0 Å². The molecule has 0 amide bonds. The highest BCUT2D eigenvalue weighted by Crippen LogP contribution is 2.31. The molecule has 0 saturated carbocycles. The van der Waals surface area contributed by atoms with Crippen LogP contribution in [0.15, 0.2) is 0 Å². The standard InChI is InChI=1S/C6H17NO3S.C2H6/c1-3-4-10-5-6-11(8,9)7-2;1-2/h7-9H,3-6H2,1-2H3;1-2H3. The maximum atomic E-state index is 9.07. The van der Waals surface area contributed by atoms with Gasteiger partial charge >= 0.3 is 0 Å². The van der Waals surface area contributed by atoms with E-state index in [4.69, 9.17) is 13.8 Å². The third-order valence-electron chi connectivity index (χ3n) is 1.19. The van der Waals surface area contributed by atoms with Crippen molar-refractivity contribution >= 4 is 10.8 Å². The van der Waals surface area contributed by atoms with Crippen molar-refractivity contribution in [3.05, 3.63) is 0 Å². The van der Waals surface area contributed by atoms with Gasteiger partial charge < -0.3 is 4.74 Å². The third kappa shape index (κ3) is 12.2. The first kappa shape index (κ1) is 15.7. The lowest BCUT2D eigenvalue weighted by Gasteiger charge is -2.30. The van der Waals surface area contributed by atoms with E-state index in [-0.39, 0.29) is 5.75 Å². The van der Waals surface area contributed by atoms with Crippen molar-refractivity contribution in [1.82, 2.24) is 4.72 Å². The smallest absolute Gasteiger partial charge is 0.0762 e. The first-order chi connectivity index (χ1) is 6.12. The van der Waals surface area contributed by atoms with Crippen molar-refractivity contribution in [3.8, 4) is 0 Å². The van der Waals surface area contributed by atoms with Crippen LogP contribution in [0.5, 0.6) is 0 Å². The van der Waals surface area contributed by atoms with Crippen LogP contribution in [0.25, 0.3) is 0 Å². The topological polar surface area (TPSA) is 61.7 Å². The van der Waals surface area contributed by atoms with Crippen molar-refractivity contribution in [3.63, 3.8) is 0 Å². The quantitative estimate of drug-likeness (QED) is 0.593. The van der Waals surface area contributed by atoms with Crippen molar-refractivity contribution < 1.29 is 13.8 Å². The highest BCUT2D eigenvalue weighted by Gasteiger charge is 2.06. The lowest BCUT2D eigenvalue weighted by atomic mass is 10.5. The first-order valence-electron chi connectivity index (χ1n) is 4.64. The Labute approximate surface area is 83.2 Å². The molecule has 5 heteroatoms. The van der Waals surface area contributed by atoms with Crippen LogP contribution in [0.4, 0.5) is 0 Å². The summed E-state index contributed by atoms with van der Waals surface area (Å²) in [6.07, 6.45) is 0.957. The van der Waals surface area contributed by atoms with Crippen LogP contribution in [-0.4, -0.2) is 35.1 Å². The maximum absolute atomic E-state index is 9.07. The van der Waals surface area contributed by atoms with E-state index < -0.39 is 10.8 Å². The van der Waals surface area contributed by atoms with Crippen LogP contribution in [0.3, 0.4) is 0 Å². The summed E-state index contributed by atoms with van der Waals surface area (Å²) in [6, 6.07) is 0. The molecule has 0 aromatic rings. The number of hydrogen-bond acceptors (Lipinski definition) is 4. The molecule has 0 spiro atoms. The van der Waals surface area contributed by atoms with E-state index in [1.807, 2.05) is 20.8 Å². The molecule has 0 atom stereocenters. The lowest BCUT2D eigenvalue weighted by molar-refractivity contribution is 0.148. The zero-order valence-electron chi connectivity index (χ0n) is 9.04. The lowest BCUT2D eigenvalue weighted by Crippen LogP contribution is -2.20. The molecule has 0 saturated heterocycles. The molecule has 13 heavy (non-hydrogen) atoms. The molecule has 0 aromatic carbocycles. The van der Waals surface area contributed by atoms with Gasteiger partial charge in [0.1, 0.15) is 0 Å². The Morgan fingerprint density at radius 2 is 1.77 bits per heavy atom. The number of ether oxygens (including phenoxy) is 1. The van der Waals surface area contributed by atoms with Crippen molar-refractivity contribution in [2.24, 2.45) is 0 Å². The average molecular weight is 213 g/mol. The second kappa shape index (κ2) is 10.3. The fourth-order valence-corrected chi connectivity index (χ4v) is 1.08. The van der Waals surface area contributed by atoms with Crippen molar-refractivity contribution in [1.29, 1.82) is 0 Å². The van der Waals surface area contributed by atoms with Gasteiger partial charge in [-0.1, -0.05) is 20.8 Å². The summed E-state index contributed by atoms with van der Waals surface area (Å²) < 4.78 is 25.7. The highest BCUT2D eigenvalue weighted by molar-refractivity contribution is 8.22. The maximum Gasteiger partial charge on any atom is 0.0762 e. The van der Waals surface area contributed by atoms with Crippen molar-refractivity contribution in [2.75, 3.05) is 26.0 Å². The Morgan fingerprint density at radius 1 is 1.23 bits per heavy atom. The molecule has 84 valence electrons. The summed E-state index contributed by atoms with van der Waals surface area (Å²) in [7, 11) is -1.05. The number of nitrogens with one attached hydrogen (secondary N) is 1. The monoisotopic (exact) mass is 213 g/mol. The van der Waals surface area contributed by atoms with Gasteiger partial charge in [-0.05, 0) is 6.42 Å². The van der Waals surface area contributed by atoms with Gasteiger partial charge in [0.05, 0.1) is 12.4 Å². The Morgan fingerprint density at radius 3 is 2.15 bits per heavy atom. The largest absolute Gasteiger partial charge is 0.380 e. The van der Waals surface area contributed by atoms with Gasteiger partial charge in [-0.2, -0.15) is 0 Å². The molecule has 4 nitrogen and oxygen atoms in total. The van der Waals surface area contributed by atoms with Crippen LogP contribution in [0, 0.1) is 0 Å². The summed E-state index contributed by atoms with van der Waals surface area (Å²) >= 11 is 0. The molecule has 0 aliphatic rings. The van der Waals surface area contributed by atoms with E-state index in [2.05, 4.69) is 4.72 Å². The molecule has 0 bridgehead atoms. The molecule has 0 aromatic heterocycles. The van der Waals surface area contributed by atoms with E-state index in [1.54, 1.807) is 0 Å². The zero-order chi connectivity index (χ0) is 10.7. The molecule has 0 fully saturated rings. The Bertz CT molecular complexity index is 101. The van der Waals surface area contributed by atoms with Gasteiger partial charge in [-0.25, -0.2) is 4.72 Å². The fraction of sp³-hybridized carbons (Fsp3) is 1.00.